The van der Waals surface area contributed by atoms with Gasteiger partial charge in [0.15, 0.2) is 0 Å². The van der Waals surface area contributed by atoms with E-state index in [1.807, 2.05) is 6.07 Å². The Morgan fingerprint density at radius 3 is 2.67 bits per heavy atom. The maximum absolute atomic E-state index is 13.2. The number of ether oxygens (including phenoxy) is 1. The minimum absolute atomic E-state index is 0.000733. The smallest absolute Gasteiger partial charge is 0.433 e. The highest BCUT2D eigenvalue weighted by molar-refractivity contribution is 7.98. The van der Waals surface area contributed by atoms with Crippen molar-refractivity contribution in [2.45, 2.75) is 23.9 Å². The molecule has 0 unspecified atom stereocenters. The van der Waals surface area contributed by atoms with Gasteiger partial charge >= 0.3 is 6.18 Å². The molecular weight excluding hydrogens is 453 g/mol. The van der Waals surface area contributed by atoms with Crippen LogP contribution < -0.4 is 4.74 Å². The van der Waals surface area contributed by atoms with E-state index in [0.29, 0.717) is 22.6 Å². The van der Waals surface area contributed by atoms with E-state index in [-0.39, 0.29) is 27.7 Å². The van der Waals surface area contributed by atoms with E-state index in [1.54, 1.807) is 37.4 Å². The summed E-state index contributed by atoms with van der Waals surface area (Å²) in [7, 11) is 3.15. The van der Waals surface area contributed by atoms with Gasteiger partial charge in [-0.05, 0) is 48.4 Å². The lowest BCUT2D eigenvalue weighted by molar-refractivity contribution is -0.141. The summed E-state index contributed by atoms with van der Waals surface area (Å²) in [5, 5.41) is 13.4. The quantitative estimate of drug-likeness (QED) is 0.267. The fourth-order valence-electron chi connectivity index (χ4n) is 3.06. The van der Waals surface area contributed by atoms with Crippen molar-refractivity contribution in [1.82, 2.24) is 14.8 Å². The van der Waals surface area contributed by atoms with Gasteiger partial charge in [0.25, 0.3) is 0 Å². The Kier molecular flexibility index (Phi) is 7.23. The molecule has 0 saturated heterocycles. The zero-order chi connectivity index (χ0) is 24.2. The van der Waals surface area contributed by atoms with Crippen LogP contribution in [0.5, 0.6) is 5.75 Å². The molecule has 0 amide bonds. The molecule has 0 aliphatic carbocycles. The zero-order valence-corrected chi connectivity index (χ0v) is 18.8. The second-order valence-electron chi connectivity index (χ2n) is 7.01. The highest BCUT2D eigenvalue weighted by Gasteiger charge is 2.34. The van der Waals surface area contributed by atoms with Crippen molar-refractivity contribution in [1.29, 1.82) is 5.26 Å². The number of nitriles is 1. The Balaban J connectivity index is 1.86. The Morgan fingerprint density at radius 2 is 2.06 bits per heavy atom. The lowest BCUT2D eigenvalue weighted by Gasteiger charge is -2.13. The molecule has 0 N–H and O–H groups in total. The Hall–Kier alpha value is -3.58. The van der Waals surface area contributed by atoms with Crippen molar-refractivity contribution in [3.8, 4) is 11.8 Å². The fourth-order valence-corrected chi connectivity index (χ4v) is 4.09. The molecule has 0 atom stereocenters. The van der Waals surface area contributed by atoms with Crippen LogP contribution in [0.3, 0.4) is 0 Å². The first-order valence-corrected chi connectivity index (χ1v) is 10.6. The van der Waals surface area contributed by atoms with Gasteiger partial charge in [0, 0.05) is 24.6 Å². The number of hydrogen-bond acceptors (Lipinski definition) is 6. The van der Waals surface area contributed by atoms with Crippen molar-refractivity contribution >= 4 is 23.6 Å². The molecule has 2 aromatic heterocycles. The summed E-state index contributed by atoms with van der Waals surface area (Å²) in [6, 6.07) is 9.65. The van der Waals surface area contributed by atoms with E-state index >= 15 is 0 Å². The van der Waals surface area contributed by atoms with E-state index in [0.717, 1.165) is 17.8 Å². The summed E-state index contributed by atoms with van der Waals surface area (Å²) >= 11 is 1.02. The maximum Gasteiger partial charge on any atom is 0.433 e. The Labute approximate surface area is 192 Å². The number of alkyl halides is 3. The van der Waals surface area contributed by atoms with Gasteiger partial charge in [-0.15, -0.1) is 11.8 Å². The summed E-state index contributed by atoms with van der Waals surface area (Å²) in [5.74, 6) is 0.520. The number of benzene rings is 1. The van der Waals surface area contributed by atoms with Crippen LogP contribution in [0.25, 0.3) is 6.08 Å². The molecule has 0 spiro atoms. The number of thioether (sulfide) groups is 1. The van der Waals surface area contributed by atoms with Crippen molar-refractivity contribution in [2.24, 2.45) is 7.05 Å². The average Bonchev–Trinajstić information content (AvgIpc) is 3.21. The first-order valence-electron chi connectivity index (χ1n) is 9.63. The molecule has 0 aliphatic rings. The van der Waals surface area contributed by atoms with Crippen LogP contribution in [-0.2, 0) is 19.0 Å². The van der Waals surface area contributed by atoms with Crippen molar-refractivity contribution < 1.29 is 22.7 Å². The normalized spacial score (nSPS) is 11.5. The summed E-state index contributed by atoms with van der Waals surface area (Å²) in [6.45, 7) is 1.45. The second-order valence-corrected chi connectivity index (χ2v) is 7.98. The molecule has 0 radical (unpaired) electrons. The number of halogens is 3. The van der Waals surface area contributed by atoms with E-state index < -0.39 is 11.9 Å². The summed E-state index contributed by atoms with van der Waals surface area (Å²) in [5.41, 5.74) is 1.09. The van der Waals surface area contributed by atoms with Crippen LogP contribution >= 0.6 is 11.8 Å². The number of carbonyl (C=O) groups excluding carboxylic acids is 1. The van der Waals surface area contributed by atoms with Gasteiger partial charge in [-0.2, -0.15) is 23.5 Å². The lowest BCUT2D eigenvalue weighted by atomic mass is 10.1. The van der Waals surface area contributed by atoms with Crippen LogP contribution in [0, 0.1) is 18.3 Å². The Bertz CT molecular complexity index is 1260. The van der Waals surface area contributed by atoms with Crippen LogP contribution in [0.1, 0.15) is 38.4 Å². The van der Waals surface area contributed by atoms with Gasteiger partial charge in [-0.1, -0.05) is 12.1 Å². The molecule has 0 bridgehead atoms. The number of ketones is 1. The third kappa shape index (κ3) is 5.62. The summed E-state index contributed by atoms with van der Waals surface area (Å²) < 4.78 is 46.4. The van der Waals surface area contributed by atoms with Crippen molar-refractivity contribution in [2.75, 3.05) is 7.11 Å². The van der Waals surface area contributed by atoms with Gasteiger partial charge in [0.2, 0.25) is 5.78 Å². The van der Waals surface area contributed by atoms with E-state index in [2.05, 4.69) is 10.1 Å². The second kappa shape index (κ2) is 9.92. The van der Waals surface area contributed by atoms with Crippen molar-refractivity contribution in [3.05, 3.63) is 76.2 Å². The standard InChI is InChI=1S/C23H19F3N4O2S/c1-14-10-21(23(24,25)26)29-22(17(14)12-27)33-13-16-11-15(5-7-20(16)32-3)4-6-19(31)18-8-9-28-30(18)2/h4-11H,13H2,1-3H3/b6-4+. The first-order chi connectivity index (χ1) is 15.6. The number of aryl methyl sites for hydroxylation is 2. The molecule has 33 heavy (non-hydrogen) atoms. The summed E-state index contributed by atoms with van der Waals surface area (Å²) in [4.78, 5) is 16.0. The average molecular weight is 472 g/mol. The molecule has 2 heterocycles. The summed E-state index contributed by atoms with van der Waals surface area (Å²) in [6.07, 6.45) is -0.0305. The largest absolute Gasteiger partial charge is 0.496 e. The van der Waals surface area contributed by atoms with Gasteiger partial charge in [-0.3, -0.25) is 9.48 Å². The predicted molar refractivity (Wildman–Crippen MR) is 118 cm³/mol. The molecule has 10 heteroatoms. The van der Waals surface area contributed by atoms with E-state index in [1.165, 1.54) is 31.0 Å². The van der Waals surface area contributed by atoms with Gasteiger partial charge in [0.05, 0.1) is 12.7 Å². The monoisotopic (exact) mass is 472 g/mol. The van der Waals surface area contributed by atoms with Crippen LogP contribution in [-0.4, -0.2) is 27.7 Å². The molecule has 170 valence electrons. The number of rotatable bonds is 7. The number of nitrogens with zero attached hydrogens (tertiary/aromatic N) is 4. The lowest BCUT2D eigenvalue weighted by Crippen LogP contribution is -2.10. The molecule has 0 aliphatic heterocycles. The third-order valence-electron chi connectivity index (χ3n) is 4.76. The minimum atomic E-state index is -4.61. The molecule has 0 fully saturated rings. The SMILES string of the molecule is COc1ccc(/C=C/C(=O)c2ccnn2C)cc1CSc1nc(C(F)(F)F)cc(C)c1C#N. The fraction of sp³-hybridized carbons (Fsp3) is 0.217. The maximum atomic E-state index is 13.2. The molecule has 3 rings (SSSR count). The van der Waals surface area contributed by atoms with Crippen LogP contribution in [0.4, 0.5) is 13.2 Å². The molecular formula is C23H19F3N4O2S. The number of pyridine rings is 1. The van der Waals surface area contributed by atoms with Gasteiger partial charge < -0.3 is 4.74 Å². The van der Waals surface area contributed by atoms with E-state index in [9.17, 15) is 23.2 Å². The predicted octanol–water partition coefficient (Wildman–Crippen LogP) is 5.21. The number of hydrogen-bond donors (Lipinski definition) is 0. The number of allylic oxidation sites excluding steroid dienone is 1. The third-order valence-corrected chi connectivity index (χ3v) is 5.78. The van der Waals surface area contributed by atoms with Gasteiger partial charge in [0.1, 0.15) is 28.2 Å². The molecule has 1 aromatic carbocycles. The molecule has 0 saturated carbocycles. The highest BCUT2D eigenvalue weighted by Crippen LogP contribution is 2.35. The van der Waals surface area contributed by atoms with Crippen molar-refractivity contribution in [3.63, 3.8) is 0 Å². The zero-order valence-electron chi connectivity index (χ0n) is 18.0. The first kappa shape index (κ1) is 24.1. The Morgan fingerprint density at radius 1 is 1.30 bits per heavy atom. The van der Waals surface area contributed by atoms with Crippen LogP contribution in [0.2, 0.25) is 0 Å². The topological polar surface area (TPSA) is 80.8 Å². The number of aromatic nitrogens is 3. The molecule has 6 nitrogen and oxygen atoms in total. The number of methoxy groups -OCH3 is 1. The van der Waals surface area contributed by atoms with Gasteiger partial charge in [-0.25, -0.2) is 4.98 Å². The molecule has 3 aromatic rings. The highest BCUT2D eigenvalue weighted by atomic mass is 32.2. The number of carbonyl (C=O) groups is 1. The van der Waals surface area contributed by atoms with Crippen LogP contribution in [0.15, 0.2) is 47.6 Å². The van der Waals surface area contributed by atoms with E-state index in [4.69, 9.17) is 4.74 Å². The minimum Gasteiger partial charge on any atom is -0.496 e.